The molecule has 0 spiro atoms. The van der Waals surface area contributed by atoms with E-state index in [-0.39, 0.29) is 5.82 Å². The Morgan fingerprint density at radius 1 is 1.00 bits per heavy atom. The van der Waals surface area contributed by atoms with Crippen LogP contribution in [0.15, 0.2) is 30.3 Å². The van der Waals surface area contributed by atoms with E-state index in [1.54, 1.807) is 6.07 Å². The molecule has 0 aliphatic heterocycles. The van der Waals surface area contributed by atoms with Crippen LogP contribution in [0.25, 0.3) is 0 Å². The van der Waals surface area contributed by atoms with Crippen molar-refractivity contribution in [1.82, 2.24) is 5.32 Å². The normalized spacial score (nSPS) is 10.7. The van der Waals surface area contributed by atoms with Crippen LogP contribution in [-0.4, -0.2) is 6.54 Å². The Bertz CT molecular complexity index is 649. The van der Waals surface area contributed by atoms with Gasteiger partial charge in [-0.1, -0.05) is 41.7 Å². The topological polar surface area (TPSA) is 21.3 Å². The number of benzene rings is 2. The predicted octanol–water partition coefficient (Wildman–Crippen LogP) is 5.69. The van der Waals surface area contributed by atoms with Gasteiger partial charge in [0.2, 0.25) is 0 Å². The van der Waals surface area contributed by atoms with E-state index >= 15 is 0 Å². The first-order chi connectivity index (χ1) is 10.0. The van der Waals surface area contributed by atoms with Crippen LogP contribution < -0.4 is 10.1 Å². The fourth-order valence-electron chi connectivity index (χ4n) is 1.75. The van der Waals surface area contributed by atoms with Crippen LogP contribution in [0.2, 0.25) is 15.1 Å². The van der Waals surface area contributed by atoms with Crippen LogP contribution in [-0.2, 0) is 6.54 Å². The molecule has 112 valence electrons. The monoisotopic (exact) mass is 347 g/mol. The highest BCUT2D eigenvalue weighted by Crippen LogP contribution is 2.37. The Labute approximate surface area is 137 Å². The summed E-state index contributed by atoms with van der Waals surface area (Å²) in [4.78, 5) is 0. The van der Waals surface area contributed by atoms with Crippen LogP contribution in [0, 0.1) is 5.82 Å². The molecular formula is C15H13Cl3FNO. The first-order valence-corrected chi connectivity index (χ1v) is 7.46. The minimum absolute atomic E-state index is 0.324. The molecule has 0 aliphatic rings. The summed E-state index contributed by atoms with van der Waals surface area (Å²) >= 11 is 17.9. The number of rotatable bonds is 5. The van der Waals surface area contributed by atoms with Gasteiger partial charge in [0, 0.05) is 18.2 Å². The van der Waals surface area contributed by atoms with Gasteiger partial charge in [-0.2, -0.15) is 0 Å². The number of hydrogen-bond acceptors (Lipinski definition) is 2. The second kappa shape index (κ2) is 7.32. The molecule has 6 heteroatoms. The summed E-state index contributed by atoms with van der Waals surface area (Å²) in [6.07, 6.45) is 0. The summed E-state index contributed by atoms with van der Waals surface area (Å²) in [7, 11) is 0. The lowest BCUT2D eigenvalue weighted by Crippen LogP contribution is -2.12. The third kappa shape index (κ3) is 4.24. The van der Waals surface area contributed by atoms with Crippen molar-refractivity contribution in [2.75, 3.05) is 6.54 Å². The van der Waals surface area contributed by atoms with Crippen molar-refractivity contribution in [2.45, 2.75) is 13.5 Å². The Kier molecular flexibility index (Phi) is 5.71. The van der Waals surface area contributed by atoms with Gasteiger partial charge in [-0.3, -0.25) is 0 Å². The summed E-state index contributed by atoms with van der Waals surface area (Å²) in [5, 5.41) is 4.15. The smallest absolute Gasteiger partial charge is 0.147 e. The number of ether oxygens (including phenoxy) is 1. The molecule has 2 aromatic carbocycles. The highest BCUT2D eigenvalue weighted by Gasteiger charge is 2.11. The zero-order valence-electron chi connectivity index (χ0n) is 11.2. The van der Waals surface area contributed by atoms with Gasteiger partial charge in [-0.25, -0.2) is 4.39 Å². The van der Waals surface area contributed by atoms with Gasteiger partial charge >= 0.3 is 0 Å². The van der Waals surface area contributed by atoms with Gasteiger partial charge in [-0.05, 0) is 30.8 Å². The molecule has 0 aliphatic carbocycles. The average Bonchev–Trinajstić information content (AvgIpc) is 2.44. The second-order valence-corrected chi connectivity index (χ2v) is 5.55. The highest BCUT2D eigenvalue weighted by atomic mass is 35.5. The minimum Gasteiger partial charge on any atom is -0.455 e. The molecule has 0 atom stereocenters. The van der Waals surface area contributed by atoms with Crippen LogP contribution >= 0.6 is 34.8 Å². The van der Waals surface area contributed by atoms with Gasteiger partial charge in [0.15, 0.2) is 0 Å². The van der Waals surface area contributed by atoms with Gasteiger partial charge in [0.05, 0.1) is 15.1 Å². The predicted molar refractivity (Wildman–Crippen MR) is 85.3 cm³/mol. The van der Waals surface area contributed by atoms with E-state index in [0.29, 0.717) is 38.7 Å². The zero-order chi connectivity index (χ0) is 15.4. The van der Waals surface area contributed by atoms with E-state index in [2.05, 4.69) is 5.32 Å². The fourth-order valence-corrected chi connectivity index (χ4v) is 2.32. The van der Waals surface area contributed by atoms with Crippen LogP contribution in [0.5, 0.6) is 11.5 Å². The Morgan fingerprint density at radius 2 is 1.71 bits per heavy atom. The largest absolute Gasteiger partial charge is 0.455 e. The first-order valence-electron chi connectivity index (χ1n) is 6.32. The summed E-state index contributed by atoms with van der Waals surface area (Å²) in [6.45, 7) is 3.22. The number of halogens is 4. The van der Waals surface area contributed by atoms with Gasteiger partial charge in [0.1, 0.15) is 17.3 Å². The fraction of sp³-hybridized carbons (Fsp3) is 0.200. The first kappa shape index (κ1) is 16.4. The van der Waals surface area contributed by atoms with Gasteiger partial charge < -0.3 is 10.1 Å². The molecule has 1 N–H and O–H groups in total. The van der Waals surface area contributed by atoms with Crippen molar-refractivity contribution in [3.8, 4) is 11.5 Å². The quantitative estimate of drug-likeness (QED) is 0.701. The van der Waals surface area contributed by atoms with Crippen molar-refractivity contribution in [3.05, 3.63) is 56.8 Å². The molecule has 0 unspecified atom stereocenters. The number of nitrogens with one attached hydrogen (secondary N) is 1. The van der Waals surface area contributed by atoms with Crippen molar-refractivity contribution < 1.29 is 9.13 Å². The standard InChI is InChI=1S/C15H13Cl3FNO/c1-2-20-8-9-5-10(19)3-4-14(9)21-15-7-12(17)11(16)6-13(15)18/h3-7,20H,2,8H2,1H3. The molecule has 0 saturated heterocycles. The molecule has 0 bridgehead atoms. The van der Waals surface area contributed by atoms with Crippen molar-refractivity contribution >= 4 is 34.8 Å². The van der Waals surface area contributed by atoms with Crippen LogP contribution in [0.3, 0.4) is 0 Å². The molecule has 0 radical (unpaired) electrons. The van der Waals surface area contributed by atoms with Gasteiger partial charge in [0.25, 0.3) is 0 Å². The molecule has 2 aromatic rings. The lowest BCUT2D eigenvalue weighted by Gasteiger charge is -2.13. The molecule has 0 amide bonds. The van der Waals surface area contributed by atoms with E-state index in [1.165, 1.54) is 24.3 Å². The summed E-state index contributed by atoms with van der Waals surface area (Å²) in [6, 6.07) is 7.35. The molecule has 21 heavy (non-hydrogen) atoms. The van der Waals surface area contributed by atoms with E-state index in [1.807, 2.05) is 6.92 Å². The van der Waals surface area contributed by atoms with E-state index < -0.39 is 0 Å². The van der Waals surface area contributed by atoms with Crippen molar-refractivity contribution in [3.63, 3.8) is 0 Å². The molecule has 0 aromatic heterocycles. The van der Waals surface area contributed by atoms with Gasteiger partial charge in [-0.15, -0.1) is 0 Å². The average molecular weight is 349 g/mol. The minimum atomic E-state index is -0.324. The Hall–Kier alpha value is -1.000. The molecule has 2 rings (SSSR count). The Balaban J connectivity index is 2.32. The highest BCUT2D eigenvalue weighted by molar-refractivity contribution is 6.43. The second-order valence-electron chi connectivity index (χ2n) is 4.33. The third-order valence-corrected chi connectivity index (χ3v) is 3.80. The van der Waals surface area contributed by atoms with Crippen molar-refractivity contribution in [2.24, 2.45) is 0 Å². The molecule has 0 saturated carbocycles. The maximum atomic E-state index is 13.4. The molecule has 0 heterocycles. The summed E-state index contributed by atoms with van der Waals surface area (Å²) in [5.41, 5.74) is 0.694. The molecular weight excluding hydrogens is 336 g/mol. The van der Waals surface area contributed by atoms with E-state index in [9.17, 15) is 4.39 Å². The van der Waals surface area contributed by atoms with Crippen LogP contribution in [0.1, 0.15) is 12.5 Å². The summed E-state index contributed by atoms with van der Waals surface area (Å²) in [5.74, 6) is 0.559. The van der Waals surface area contributed by atoms with E-state index in [0.717, 1.165) is 6.54 Å². The Morgan fingerprint density at radius 3 is 2.43 bits per heavy atom. The lowest BCUT2D eigenvalue weighted by atomic mass is 10.2. The maximum absolute atomic E-state index is 13.4. The van der Waals surface area contributed by atoms with Crippen LogP contribution in [0.4, 0.5) is 4.39 Å². The van der Waals surface area contributed by atoms with Crippen molar-refractivity contribution in [1.29, 1.82) is 0 Å². The maximum Gasteiger partial charge on any atom is 0.147 e. The lowest BCUT2D eigenvalue weighted by molar-refractivity contribution is 0.471. The molecule has 2 nitrogen and oxygen atoms in total. The summed E-state index contributed by atoms with van der Waals surface area (Å²) < 4.78 is 19.1. The third-order valence-electron chi connectivity index (χ3n) is 2.78. The van der Waals surface area contributed by atoms with E-state index in [4.69, 9.17) is 39.5 Å². The number of hydrogen-bond donors (Lipinski definition) is 1. The molecule has 0 fully saturated rings. The SMILES string of the molecule is CCNCc1cc(F)ccc1Oc1cc(Cl)c(Cl)cc1Cl. The zero-order valence-corrected chi connectivity index (χ0v) is 13.5.